The number of hydrogen-bond donors (Lipinski definition) is 3. The van der Waals surface area contributed by atoms with E-state index in [1.165, 1.54) is 63.8 Å². The van der Waals surface area contributed by atoms with Crippen molar-refractivity contribution in [1.82, 2.24) is 5.32 Å². The molecule has 0 radical (unpaired) electrons. The maximum Gasteiger partial charge on any atom is 0.265 e. The Balaban J connectivity index is 1.76. The quantitative estimate of drug-likeness (QED) is 0.327. The van der Waals surface area contributed by atoms with Gasteiger partial charge in [-0.3, -0.25) is 9.52 Å². The van der Waals surface area contributed by atoms with Crippen LogP contribution < -0.4 is 29.4 Å². The maximum atomic E-state index is 13.2. The zero-order valence-corrected chi connectivity index (χ0v) is 22.0. The zero-order valence-electron chi connectivity index (χ0n) is 20.3. The number of nitrogens with two attached hydrogens (primary N) is 1. The van der Waals surface area contributed by atoms with Gasteiger partial charge in [0.2, 0.25) is 10.0 Å². The number of sulfonamides is 2. The molecule has 3 aromatic carbocycles. The van der Waals surface area contributed by atoms with Crippen molar-refractivity contribution in [3.8, 4) is 17.2 Å². The Bertz CT molecular complexity index is 1470. The lowest BCUT2D eigenvalue weighted by Crippen LogP contribution is -2.26. The van der Waals surface area contributed by atoms with Crippen LogP contribution in [0.1, 0.15) is 15.9 Å². The molecular formula is C24H27N3O8S2. The molecule has 0 aliphatic heterocycles. The maximum absolute atomic E-state index is 13.2. The molecule has 0 unspecified atom stereocenters. The first kappa shape index (κ1) is 27.8. The molecule has 37 heavy (non-hydrogen) atoms. The van der Waals surface area contributed by atoms with E-state index in [0.717, 1.165) is 5.56 Å². The van der Waals surface area contributed by atoms with E-state index in [1.54, 1.807) is 18.2 Å². The van der Waals surface area contributed by atoms with E-state index in [0.29, 0.717) is 17.9 Å². The second-order valence-electron chi connectivity index (χ2n) is 7.77. The first-order valence-electron chi connectivity index (χ1n) is 10.8. The minimum absolute atomic E-state index is 0.00624. The minimum atomic E-state index is -4.17. The van der Waals surface area contributed by atoms with Gasteiger partial charge in [-0.15, -0.1) is 0 Å². The van der Waals surface area contributed by atoms with E-state index in [4.69, 9.17) is 19.3 Å². The fraction of sp³-hybridized carbons (Fsp3) is 0.208. The Morgan fingerprint density at radius 1 is 0.838 bits per heavy atom. The van der Waals surface area contributed by atoms with Crippen molar-refractivity contribution >= 4 is 31.6 Å². The van der Waals surface area contributed by atoms with Crippen LogP contribution in [0.2, 0.25) is 0 Å². The van der Waals surface area contributed by atoms with Crippen molar-refractivity contribution in [3.05, 3.63) is 71.8 Å². The number of methoxy groups -OCH3 is 3. The van der Waals surface area contributed by atoms with Crippen LogP contribution in [0.25, 0.3) is 0 Å². The van der Waals surface area contributed by atoms with Crippen molar-refractivity contribution in [2.75, 3.05) is 32.6 Å². The van der Waals surface area contributed by atoms with Gasteiger partial charge in [-0.25, -0.2) is 22.0 Å². The Hall–Kier alpha value is -3.81. The van der Waals surface area contributed by atoms with Gasteiger partial charge in [0.15, 0.2) is 0 Å². The third-order valence-electron chi connectivity index (χ3n) is 5.27. The van der Waals surface area contributed by atoms with Crippen molar-refractivity contribution < 1.29 is 35.8 Å². The lowest BCUT2D eigenvalue weighted by atomic mass is 10.1. The molecule has 0 bridgehead atoms. The molecule has 0 aliphatic rings. The summed E-state index contributed by atoms with van der Waals surface area (Å²) in [5.41, 5.74) is 1.08. The zero-order chi connectivity index (χ0) is 27.2. The van der Waals surface area contributed by atoms with Crippen LogP contribution in [0, 0.1) is 0 Å². The summed E-state index contributed by atoms with van der Waals surface area (Å²) < 4.78 is 67.1. The van der Waals surface area contributed by atoms with Crippen LogP contribution in [0.15, 0.2) is 70.5 Å². The molecular weight excluding hydrogens is 522 g/mol. The van der Waals surface area contributed by atoms with E-state index in [2.05, 4.69) is 10.0 Å². The van der Waals surface area contributed by atoms with Crippen LogP contribution in [-0.4, -0.2) is 50.6 Å². The third-order valence-corrected chi connectivity index (χ3v) is 7.60. The fourth-order valence-electron chi connectivity index (χ4n) is 3.37. The van der Waals surface area contributed by atoms with Crippen LogP contribution >= 0.6 is 0 Å². The summed E-state index contributed by atoms with van der Waals surface area (Å²) in [4.78, 5) is 12.5. The molecule has 0 atom stereocenters. The van der Waals surface area contributed by atoms with Gasteiger partial charge in [0.05, 0.1) is 31.9 Å². The predicted molar refractivity (Wildman–Crippen MR) is 137 cm³/mol. The number of rotatable bonds is 11. The highest BCUT2D eigenvalue weighted by atomic mass is 32.2. The van der Waals surface area contributed by atoms with E-state index in [9.17, 15) is 21.6 Å². The standard InChI is InChI=1S/C24H27N3O8S2/c1-33-19-13-18(14-20(15-19)34-2)27-37(31,32)23-12-17(6-9-22(23)35-3)24(28)26-11-10-16-4-7-21(8-5-16)36(25,29)30/h4-9,12-15,27H,10-11H2,1-3H3,(H,26,28)(H2,25,29,30). The van der Waals surface area contributed by atoms with Gasteiger partial charge in [-0.1, -0.05) is 12.1 Å². The van der Waals surface area contributed by atoms with E-state index >= 15 is 0 Å². The fourth-order valence-corrected chi connectivity index (χ4v) is 5.12. The second kappa shape index (κ2) is 11.5. The molecule has 0 aliphatic carbocycles. The van der Waals surface area contributed by atoms with E-state index < -0.39 is 26.0 Å². The predicted octanol–water partition coefficient (Wildman–Crippen LogP) is 2.13. The number of carbonyl (C=O) groups excluding carboxylic acids is 1. The smallest absolute Gasteiger partial charge is 0.265 e. The number of anilines is 1. The summed E-state index contributed by atoms with van der Waals surface area (Å²) >= 11 is 0. The Morgan fingerprint density at radius 3 is 2.00 bits per heavy atom. The Morgan fingerprint density at radius 2 is 1.46 bits per heavy atom. The molecule has 3 rings (SSSR count). The van der Waals surface area contributed by atoms with Crippen LogP contribution in [0.4, 0.5) is 5.69 Å². The molecule has 0 spiro atoms. The highest BCUT2D eigenvalue weighted by Gasteiger charge is 2.22. The average molecular weight is 550 g/mol. The van der Waals surface area contributed by atoms with Gasteiger partial charge >= 0.3 is 0 Å². The minimum Gasteiger partial charge on any atom is -0.497 e. The summed E-state index contributed by atoms with van der Waals surface area (Å²) in [6.07, 6.45) is 0.414. The first-order chi connectivity index (χ1) is 17.5. The van der Waals surface area contributed by atoms with Crippen molar-refractivity contribution in [3.63, 3.8) is 0 Å². The highest BCUT2D eigenvalue weighted by molar-refractivity contribution is 7.92. The van der Waals surface area contributed by atoms with Crippen LogP contribution in [-0.2, 0) is 26.5 Å². The average Bonchev–Trinajstić information content (AvgIpc) is 2.87. The number of hydrogen-bond acceptors (Lipinski definition) is 8. The summed E-state index contributed by atoms with van der Waals surface area (Å²) in [7, 11) is -3.74. The molecule has 11 nitrogen and oxygen atoms in total. The van der Waals surface area contributed by atoms with Gasteiger partial charge < -0.3 is 19.5 Å². The molecule has 198 valence electrons. The highest BCUT2D eigenvalue weighted by Crippen LogP contribution is 2.30. The van der Waals surface area contributed by atoms with Crippen molar-refractivity contribution in [1.29, 1.82) is 0 Å². The summed E-state index contributed by atoms with van der Waals surface area (Å²) in [5.74, 6) is 0.324. The van der Waals surface area contributed by atoms with Gasteiger partial charge in [-0.2, -0.15) is 0 Å². The number of carbonyl (C=O) groups is 1. The number of ether oxygens (including phenoxy) is 3. The topological polar surface area (TPSA) is 163 Å². The van der Waals surface area contributed by atoms with E-state index in [1.807, 2.05) is 0 Å². The van der Waals surface area contributed by atoms with Crippen molar-refractivity contribution in [2.24, 2.45) is 5.14 Å². The molecule has 0 fully saturated rings. The van der Waals surface area contributed by atoms with Gasteiger partial charge in [0.1, 0.15) is 22.1 Å². The lowest BCUT2D eigenvalue weighted by molar-refractivity contribution is 0.0954. The van der Waals surface area contributed by atoms with Gasteiger partial charge in [-0.05, 0) is 42.3 Å². The van der Waals surface area contributed by atoms with E-state index in [-0.39, 0.29) is 33.3 Å². The number of amides is 1. The normalized spacial score (nSPS) is 11.5. The Labute approximate surface area is 215 Å². The molecule has 4 N–H and O–H groups in total. The third kappa shape index (κ3) is 7.12. The van der Waals surface area contributed by atoms with Crippen LogP contribution in [0.3, 0.4) is 0 Å². The molecule has 13 heteroatoms. The van der Waals surface area contributed by atoms with Crippen LogP contribution in [0.5, 0.6) is 17.2 Å². The summed E-state index contributed by atoms with van der Waals surface area (Å²) in [6.45, 7) is 0.226. The number of primary sulfonamides is 1. The lowest BCUT2D eigenvalue weighted by Gasteiger charge is -2.14. The number of nitrogens with one attached hydrogen (secondary N) is 2. The molecule has 0 aromatic heterocycles. The first-order valence-corrected chi connectivity index (χ1v) is 13.8. The monoisotopic (exact) mass is 549 g/mol. The largest absolute Gasteiger partial charge is 0.497 e. The SMILES string of the molecule is COc1cc(NS(=O)(=O)c2cc(C(=O)NCCc3ccc(S(N)(=O)=O)cc3)ccc2OC)cc(OC)c1. The summed E-state index contributed by atoms with van der Waals surface area (Å²) in [5, 5.41) is 7.81. The van der Waals surface area contributed by atoms with Gasteiger partial charge in [0.25, 0.3) is 15.9 Å². The summed E-state index contributed by atoms with van der Waals surface area (Å²) in [6, 6.07) is 14.6. The molecule has 0 saturated carbocycles. The Kier molecular flexibility index (Phi) is 8.63. The molecule has 0 heterocycles. The van der Waals surface area contributed by atoms with Gasteiger partial charge in [0, 0.05) is 30.3 Å². The van der Waals surface area contributed by atoms with Crippen molar-refractivity contribution in [2.45, 2.75) is 16.2 Å². The number of benzene rings is 3. The second-order valence-corrected chi connectivity index (χ2v) is 11.0. The molecule has 3 aromatic rings. The molecule has 1 amide bonds. The molecule has 0 saturated heterocycles.